The average molecular weight is 310 g/mol. The summed E-state index contributed by atoms with van der Waals surface area (Å²) in [4.78, 5) is 27.5. The highest BCUT2D eigenvalue weighted by Crippen LogP contribution is 2.17. The van der Waals surface area contributed by atoms with Gasteiger partial charge in [-0.15, -0.1) is 11.3 Å². The molecule has 0 fully saturated rings. The van der Waals surface area contributed by atoms with E-state index in [-0.39, 0.29) is 29.3 Å². The fourth-order valence-electron chi connectivity index (χ4n) is 1.54. The normalized spacial score (nSPS) is 11.9. The second-order valence-corrected chi connectivity index (χ2v) is 5.65. The van der Waals surface area contributed by atoms with Crippen molar-refractivity contribution in [2.24, 2.45) is 0 Å². The number of rotatable bonds is 5. The van der Waals surface area contributed by atoms with Gasteiger partial charge in [-0.3, -0.25) is 4.79 Å². The molecule has 0 spiro atoms. The van der Waals surface area contributed by atoms with E-state index >= 15 is 0 Å². The van der Waals surface area contributed by atoms with Crippen molar-refractivity contribution in [3.8, 4) is 0 Å². The zero-order valence-corrected chi connectivity index (χ0v) is 12.7. The van der Waals surface area contributed by atoms with E-state index in [2.05, 4.69) is 10.3 Å². The molecule has 0 aliphatic rings. The van der Waals surface area contributed by atoms with Gasteiger partial charge < -0.3 is 10.1 Å². The Balaban J connectivity index is 2.01. The third kappa shape index (κ3) is 3.43. The van der Waals surface area contributed by atoms with Gasteiger partial charge in [-0.1, -0.05) is 0 Å². The maximum Gasteiger partial charge on any atom is 0.367 e. The lowest BCUT2D eigenvalue weighted by Gasteiger charge is -2.10. The number of carbonyl (C=O) groups excluding carboxylic acids is 2. The van der Waals surface area contributed by atoms with Crippen molar-refractivity contribution < 1.29 is 14.3 Å². The Kier molecular flexibility index (Phi) is 4.86. The minimum absolute atomic E-state index is 0.0958. The molecular weight excluding hydrogens is 296 g/mol. The predicted octanol–water partition coefficient (Wildman–Crippen LogP) is 2.87. The van der Waals surface area contributed by atoms with Gasteiger partial charge in [0.1, 0.15) is 5.69 Å². The molecule has 0 bridgehead atoms. The molecule has 1 N–H and O–H groups in total. The van der Waals surface area contributed by atoms with Crippen molar-refractivity contribution in [1.82, 2.24) is 10.3 Å². The Labute approximate surface area is 124 Å². The van der Waals surface area contributed by atoms with Crippen molar-refractivity contribution in [2.75, 3.05) is 6.61 Å². The molecule has 20 heavy (non-hydrogen) atoms. The molecule has 2 rings (SSSR count). The fourth-order valence-corrected chi connectivity index (χ4v) is 2.98. The van der Waals surface area contributed by atoms with Crippen LogP contribution in [-0.4, -0.2) is 23.5 Å². The SMILES string of the molecule is CCOC(=O)c1nc(C(=O)NC(C)c2ccsc2)cs1. The smallest absolute Gasteiger partial charge is 0.367 e. The number of carbonyl (C=O) groups is 2. The van der Waals surface area contributed by atoms with Gasteiger partial charge in [-0.05, 0) is 36.2 Å². The lowest BCUT2D eigenvalue weighted by Crippen LogP contribution is -2.26. The van der Waals surface area contributed by atoms with E-state index in [1.165, 1.54) is 0 Å². The number of thiophene rings is 1. The Bertz CT molecular complexity index is 593. The summed E-state index contributed by atoms with van der Waals surface area (Å²) in [6, 6.07) is 1.86. The van der Waals surface area contributed by atoms with E-state index in [0.29, 0.717) is 0 Å². The number of hydrogen-bond acceptors (Lipinski definition) is 6. The van der Waals surface area contributed by atoms with Gasteiger partial charge in [0.15, 0.2) is 0 Å². The highest BCUT2D eigenvalue weighted by Gasteiger charge is 2.18. The third-order valence-electron chi connectivity index (χ3n) is 2.58. The van der Waals surface area contributed by atoms with Crippen LogP contribution in [0.3, 0.4) is 0 Å². The lowest BCUT2D eigenvalue weighted by molar-refractivity contribution is 0.0526. The number of ether oxygens (including phenoxy) is 1. The molecule has 1 amide bonds. The first-order valence-corrected chi connectivity index (χ1v) is 7.89. The summed E-state index contributed by atoms with van der Waals surface area (Å²) in [5, 5.41) is 8.53. The maximum absolute atomic E-state index is 12.0. The molecule has 2 aromatic heterocycles. The summed E-state index contributed by atoms with van der Waals surface area (Å²) in [5.41, 5.74) is 1.28. The first kappa shape index (κ1) is 14.7. The second kappa shape index (κ2) is 6.62. The van der Waals surface area contributed by atoms with Crippen LogP contribution in [0.1, 0.15) is 45.7 Å². The number of hydrogen-bond donors (Lipinski definition) is 1. The van der Waals surface area contributed by atoms with E-state index in [0.717, 1.165) is 16.9 Å². The van der Waals surface area contributed by atoms with Crippen LogP contribution in [0.15, 0.2) is 22.2 Å². The number of nitrogens with zero attached hydrogens (tertiary/aromatic N) is 1. The zero-order valence-electron chi connectivity index (χ0n) is 11.1. The first-order valence-electron chi connectivity index (χ1n) is 6.07. The zero-order chi connectivity index (χ0) is 14.5. The number of thiazole rings is 1. The van der Waals surface area contributed by atoms with Crippen LogP contribution in [-0.2, 0) is 4.74 Å². The molecule has 0 radical (unpaired) electrons. The Morgan fingerprint density at radius 1 is 1.45 bits per heavy atom. The minimum Gasteiger partial charge on any atom is -0.461 e. The Morgan fingerprint density at radius 2 is 2.25 bits per heavy atom. The molecule has 1 atom stereocenters. The van der Waals surface area contributed by atoms with Gasteiger partial charge >= 0.3 is 5.97 Å². The van der Waals surface area contributed by atoms with E-state index in [4.69, 9.17) is 4.74 Å². The highest BCUT2D eigenvalue weighted by molar-refractivity contribution is 7.11. The molecule has 1 unspecified atom stereocenters. The molecule has 0 aromatic carbocycles. The van der Waals surface area contributed by atoms with Crippen LogP contribution in [0.5, 0.6) is 0 Å². The van der Waals surface area contributed by atoms with Gasteiger partial charge in [0.05, 0.1) is 12.6 Å². The van der Waals surface area contributed by atoms with Gasteiger partial charge in [0.2, 0.25) is 5.01 Å². The summed E-state index contributed by atoms with van der Waals surface area (Å²) in [6.45, 7) is 3.91. The summed E-state index contributed by atoms with van der Waals surface area (Å²) >= 11 is 2.68. The molecule has 2 aromatic rings. The topological polar surface area (TPSA) is 68.3 Å². The largest absolute Gasteiger partial charge is 0.461 e. The molecule has 2 heterocycles. The van der Waals surface area contributed by atoms with Gasteiger partial charge in [0, 0.05) is 5.38 Å². The van der Waals surface area contributed by atoms with Crippen LogP contribution >= 0.6 is 22.7 Å². The fraction of sp³-hybridized carbons (Fsp3) is 0.308. The van der Waals surface area contributed by atoms with Gasteiger partial charge in [-0.25, -0.2) is 9.78 Å². The number of amides is 1. The predicted molar refractivity (Wildman–Crippen MR) is 78.3 cm³/mol. The third-order valence-corrected chi connectivity index (χ3v) is 4.10. The average Bonchev–Trinajstić information content (AvgIpc) is 3.10. The van der Waals surface area contributed by atoms with Crippen LogP contribution in [0.25, 0.3) is 0 Å². The van der Waals surface area contributed by atoms with Crippen molar-refractivity contribution in [2.45, 2.75) is 19.9 Å². The number of nitrogens with one attached hydrogen (secondary N) is 1. The molecular formula is C13H14N2O3S2. The molecule has 0 aliphatic carbocycles. The van der Waals surface area contributed by atoms with Gasteiger partial charge in [-0.2, -0.15) is 11.3 Å². The monoisotopic (exact) mass is 310 g/mol. The van der Waals surface area contributed by atoms with E-state index in [1.807, 2.05) is 23.8 Å². The minimum atomic E-state index is -0.498. The van der Waals surface area contributed by atoms with E-state index < -0.39 is 5.97 Å². The quantitative estimate of drug-likeness (QED) is 0.862. The number of esters is 1. The molecule has 5 nitrogen and oxygen atoms in total. The first-order chi connectivity index (χ1) is 9.61. The molecule has 106 valence electrons. The number of aromatic nitrogens is 1. The highest BCUT2D eigenvalue weighted by atomic mass is 32.1. The van der Waals surface area contributed by atoms with Crippen molar-refractivity contribution in [3.05, 3.63) is 38.5 Å². The van der Waals surface area contributed by atoms with Crippen LogP contribution < -0.4 is 5.32 Å². The molecule has 7 heteroatoms. The molecule has 0 saturated carbocycles. The van der Waals surface area contributed by atoms with Crippen LogP contribution in [0.2, 0.25) is 0 Å². The van der Waals surface area contributed by atoms with Crippen LogP contribution in [0.4, 0.5) is 0 Å². The summed E-state index contributed by atoms with van der Waals surface area (Å²) in [5.74, 6) is -0.794. The van der Waals surface area contributed by atoms with E-state index in [9.17, 15) is 9.59 Å². The lowest BCUT2D eigenvalue weighted by atomic mass is 10.2. The van der Waals surface area contributed by atoms with Crippen molar-refractivity contribution >= 4 is 34.6 Å². The summed E-state index contributed by atoms with van der Waals surface area (Å²) in [7, 11) is 0. The standard InChI is InChI=1S/C13H14N2O3S2/c1-3-18-13(17)12-15-10(7-20-12)11(16)14-8(2)9-4-5-19-6-9/h4-8H,3H2,1-2H3,(H,14,16). The van der Waals surface area contributed by atoms with Gasteiger partial charge in [0.25, 0.3) is 5.91 Å². The second-order valence-electron chi connectivity index (χ2n) is 4.01. The summed E-state index contributed by atoms with van der Waals surface area (Å²) in [6.07, 6.45) is 0. The summed E-state index contributed by atoms with van der Waals surface area (Å²) < 4.78 is 4.84. The Morgan fingerprint density at radius 3 is 2.90 bits per heavy atom. The van der Waals surface area contributed by atoms with E-state index in [1.54, 1.807) is 23.6 Å². The van der Waals surface area contributed by atoms with Crippen LogP contribution in [0, 0.1) is 0 Å². The maximum atomic E-state index is 12.0. The van der Waals surface area contributed by atoms with Crippen molar-refractivity contribution in [3.63, 3.8) is 0 Å². The molecule has 0 saturated heterocycles. The molecule has 0 aliphatic heterocycles. The van der Waals surface area contributed by atoms with Crippen molar-refractivity contribution in [1.29, 1.82) is 0 Å². The Hall–Kier alpha value is -1.73.